The van der Waals surface area contributed by atoms with Gasteiger partial charge < -0.3 is 44.2 Å². The molecule has 9 rings (SSSR count). The first-order valence-corrected chi connectivity index (χ1v) is 28.7. The normalized spacial score (nSPS) is 22.3. The van der Waals surface area contributed by atoms with E-state index in [0.717, 1.165) is 107 Å². The predicted molar refractivity (Wildman–Crippen MR) is 318 cm³/mol. The van der Waals surface area contributed by atoms with Crippen molar-refractivity contribution in [2.75, 3.05) is 88.4 Å². The van der Waals surface area contributed by atoms with E-state index in [2.05, 4.69) is 51.2 Å². The van der Waals surface area contributed by atoms with Crippen molar-refractivity contribution in [3.05, 3.63) is 126 Å². The van der Waals surface area contributed by atoms with Gasteiger partial charge in [-0.3, -0.25) is 4.90 Å². The van der Waals surface area contributed by atoms with E-state index in [1.807, 2.05) is 102 Å². The summed E-state index contributed by atoms with van der Waals surface area (Å²) in [6.45, 7) is 24.6. The van der Waals surface area contributed by atoms with E-state index < -0.39 is 16.8 Å². The fourth-order valence-electron chi connectivity index (χ4n) is 10.6. The minimum Gasteiger partial charge on any atom is -0.444 e. The van der Waals surface area contributed by atoms with E-state index in [9.17, 15) is 14.7 Å². The van der Waals surface area contributed by atoms with E-state index in [0.29, 0.717) is 50.7 Å². The third-order valence-electron chi connectivity index (χ3n) is 14.8. The van der Waals surface area contributed by atoms with E-state index in [1.165, 1.54) is 5.56 Å². The number of benzene rings is 4. The Balaban J connectivity index is 0.000000206. The summed E-state index contributed by atoms with van der Waals surface area (Å²) in [5.41, 5.74) is 2.61. The topological polar surface area (TPSA) is 114 Å². The summed E-state index contributed by atoms with van der Waals surface area (Å²) in [5.74, 6) is 0.695. The number of halogens is 6. The maximum absolute atomic E-state index is 12.5. The Kier molecular flexibility index (Phi) is 21.9. The zero-order chi connectivity index (χ0) is 55.2. The maximum atomic E-state index is 12.5. The van der Waals surface area contributed by atoms with Crippen molar-refractivity contribution in [3.63, 3.8) is 0 Å². The summed E-state index contributed by atoms with van der Waals surface area (Å²) >= 11 is 37.3. The number of anilines is 2. The van der Waals surface area contributed by atoms with Crippen molar-refractivity contribution >= 4 is 93.2 Å². The van der Waals surface area contributed by atoms with Crippen LogP contribution in [0.15, 0.2) is 84.9 Å². The zero-order valence-electron chi connectivity index (χ0n) is 45.2. The maximum Gasteiger partial charge on any atom is 0.410 e. The van der Waals surface area contributed by atoms with E-state index in [-0.39, 0.29) is 43.2 Å². The second-order valence-electron chi connectivity index (χ2n) is 23.1. The van der Waals surface area contributed by atoms with Crippen LogP contribution in [0.5, 0.6) is 0 Å². The molecule has 0 radical (unpaired) electrons. The minimum absolute atomic E-state index is 0. The summed E-state index contributed by atoms with van der Waals surface area (Å²) < 4.78 is 16.4. The number of aliphatic hydroxyl groups is 1. The van der Waals surface area contributed by atoms with Gasteiger partial charge in [0.05, 0.1) is 51.3 Å². The Bertz CT molecular complexity index is 2560. The van der Waals surface area contributed by atoms with E-state index in [1.54, 1.807) is 17.0 Å². The lowest BCUT2D eigenvalue weighted by Crippen LogP contribution is -2.56. The van der Waals surface area contributed by atoms with Crippen molar-refractivity contribution in [3.8, 4) is 0 Å². The van der Waals surface area contributed by atoms with Gasteiger partial charge in [-0.05, 0) is 165 Å². The first-order valence-electron chi connectivity index (χ1n) is 26.5. The van der Waals surface area contributed by atoms with Crippen LogP contribution in [0.4, 0.5) is 21.0 Å². The van der Waals surface area contributed by atoms with Gasteiger partial charge in [-0.25, -0.2) is 9.59 Å². The molecular weight excluding hydrogens is 1100 g/mol. The van der Waals surface area contributed by atoms with Gasteiger partial charge in [0.15, 0.2) is 0 Å². The fourth-order valence-corrected chi connectivity index (χ4v) is 11.9. The molecule has 5 fully saturated rings. The number of nitrogens with one attached hydrogen (secondary N) is 1. The molecule has 5 aliphatic heterocycles. The largest absolute Gasteiger partial charge is 0.444 e. The number of amides is 2. The first kappa shape index (κ1) is 62.8. The molecule has 18 heteroatoms. The molecule has 77 heavy (non-hydrogen) atoms. The van der Waals surface area contributed by atoms with Crippen molar-refractivity contribution in [2.45, 2.75) is 123 Å². The minimum atomic E-state index is -0.884. The standard InChI is InChI=1S/C29H38Cl3N3O3.C16H15Cl3N2.C13H23NO3.CH4/c1-28(2,3)38-27(36)34-13-11-21(12-14-34)29(4,37)19-33-15-16-35(25-10-9-23(31)17-24(25)32)26(18-33)20-5-7-22(30)8-6-20;17-12-3-1-11(2-4-12)16-10-20-7-8-21(16)15-6-5-13(18)9-14(15)19;1-12(2,3)17-11(15)14-7-5-10(6-8-14)13(4)9-16-13;/h5-10,17,21,26,37H,11-16,18-19H2,1-4H3;1-6,9,16,20H,7-8,10H2;10H,5-9H2,1-4H3;1H4. The van der Waals surface area contributed by atoms with E-state index >= 15 is 0 Å². The molecule has 12 nitrogen and oxygen atoms in total. The van der Waals surface area contributed by atoms with Crippen LogP contribution in [0.1, 0.15) is 112 Å². The quantitative estimate of drug-likeness (QED) is 0.165. The molecule has 5 aliphatic rings. The van der Waals surface area contributed by atoms with E-state index in [4.69, 9.17) is 83.8 Å². The highest BCUT2D eigenvalue weighted by Crippen LogP contribution is 2.42. The summed E-state index contributed by atoms with van der Waals surface area (Å²) in [6, 6.07) is 27.4. The van der Waals surface area contributed by atoms with Crippen LogP contribution < -0.4 is 15.1 Å². The predicted octanol–water partition coefficient (Wildman–Crippen LogP) is 14.8. The monoisotopic (exact) mass is 1180 g/mol. The van der Waals surface area contributed by atoms with Gasteiger partial charge in [-0.2, -0.15) is 0 Å². The molecule has 424 valence electrons. The third kappa shape index (κ3) is 17.8. The number of piperazine rings is 2. The smallest absolute Gasteiger partial charge is 0.410 e. The number of carbonyl (C=O) groups is 2. The Labute approximate surface area is 488 Å². The van der Waals surface area contributed by atoms with Crippen LogP contribution in [0.2, 0.25) is 30.1 Å². The lowest BCUT2D eigenvalue weighted by atomic mass is 9.81. The number of likely N-dealkylation sites (tertiary alicyclic amines) is 2. The molecule has 4 aromatic rings. The number of hydrogen-bond acceptors (Lipinski definition) is 10. The molecule has 0 spiro atoms. The molecular formula is C59H80Cl6N6O6. The molecule has 4 aromatic carbocycles. The van der Waals surface area contributed by atoms with Crippen LogP contribution in [-0.2, 0) is 14.2 Å². The Morgan fingerprint density at radius 1 is 0.623 bits per heavy atom. The van der Waals surface area contributed by atoms with Crippen LogP contribution in [0.3, 0.4) is 0 Å². The molecule has 0 aliphatic carbocycles. The number of rotatable bonds is 8. The van der Waals surface area contributed by atoms with Crippen LogP contribution in [-0.4, -0.2) is 133 Å². The lowest BCUT2D eigenvalue weighted by molar-refractivity contribution is -0.0564. The van der Waals surface area contributed by atoms with Gasteiger partial charge in [-0.1, -0.05) is 101 Å². The molecule has 2 amide bonds. The summed E-state index contributed by atoms with van der Waals surface area (Å²) in [5, 5.41) is 19.0. The summed E-state index contributed by atoms with van der Waals surface area (Å²) in [6.07, 6.45) is 3.07. The second kappa shape index (κ2) is 26.9. The molecule has 0 saturated carbocycles. The molecule has 5 heterocycles. The number of piperidine rings is 2. The SMILES string of the molecule is C.CC(C)(C)OC(=O)N1CCC(C(C)(O)CN2CCN(c3ccc(Cl)cc3Cl)C(c3ccc(Cl)cc3)C2)CC1.CC(C)(C)OC(=O)N1CCC(C2(C)CO2)CC1.Clc1ccc(C2CNCCN2c2ccc(Cl)cc2Cl)cc1. The van der Waals surface area contributed by atoms with Crippen LogP contribution >= 0.6 is 69.6 Å². The van der Waals surface area contributed by atoms with Crippen molar-refractivity contribution in [1.29, 1.82) is 0 Å². The average Bonchev–Trinajstić information content (AvgIpc) is 4.13. The first-order chi connectivity index (χ1) is 35.8. The van der Waals surface area contributed by atoms with Crippen LogP contribution in [0.25, 0.3) is 0 Å². The molecule has 4 unspecified atom stereocenters. The second-order valence-corrected chi connectivity index (χ2v) is 25.7. The fraction of sp³-hybridized carbons (Fsp3) is 0.559. The van der Waals surface area contributed by atoms with Crippen molar-refractivity contribution < 1.29 is 28.9 Å². The van der Waals surface area contributed by atoms with Crippen LogP contribution in [0, 0.1) is 11.8 Å². The molecule has 0 bridgehead atoms. The Morgan fingerprint density at radius 2 is 1.05 bits per heavy atom. The number of ether oxygens (including phenoxy) is 3. The highest BCUT2D eigenvalue weighted by Gasteiger charge is 2.48. The zero-order valence-corrected chi connectivity index (χ0v) is 49.7. The highest BCUT2D eigenvalue weighted by molar-refractivity contribution is 6.37. The number of epoxide rings is 1. The Morgan fingerprint density at radius 3 is 1.49 bits per heavy atom. The highest BCUT2D eigenvalue weighted by atomic mass is 35.5. The third-order valence-corrected chi connectivity index (χ3v) is 16.4. The number of hydrogen-bond donors (Lipinski definition) is 2. The van der Waals surface area contributed by atoms with Crippen molar-refractivity contribution in [1.82, 2.24) is 20.0 Å². The average molecular weight is 1180 g/mol. The van der Waals surface area contributed by atoms with Gasteiger partial charge in [0.1, 0.15) is 11.2 Å². The van der Waals surface area contributed by atoms with Gasteiger partial charge in [-0.15, -0.1) is 0 Å². The molecule has 0 aromatic heterocycles. The molecule has 2 N–H and O–H groups in total. The Hall–Kier alpha value is -3.40. The lowest BCUT2D eigenvalue weighted by Gasteiger charge is -2.47. The molecule has 4 atom stereocenters. The molecule has 5 saturated heterocycles. The van der Waals surface area contributed by atoms with Gasteiger partial charge >= 0.3 is 12.2 Å². The summed E-state index contributed by atoms with van der Waals surface area (Å²) in [7, 11) is 0. The van der Waals surface area contributed by atoms with Gasteiger partial charge in [0.25, 0.3) is 0 Å². The summed E-state index contributed by atoms with van der Waals surface area (Å²) in [4.78, 5) is 34.9. The van der Waals surface area contributed by atoms with Crippen molar-refractivity contribution in [2.24, 2.45) is 11.8 Å². The number of nitrogens with zero attached hydrogens (tertiary/aromatic N) is 5. The number of β-amino-alcohol motifs (C(OH)–C–C–N with tert-alkyl or cyclic N) is 1. The number of carbonyl (C=O) groups excluding carboxylic acids is 2. The van der Waals surface area contributed by atoms with Gasteiger partial charge in [0.2, 0.25) is 0 Å². The van der Waals surface area contributed by atoms with Gasteiger partial charge in [0, 0.05) is 92.1 Å².